The molecular formula is C17H19FN4O5. The standard InChI is InChI=1S/C9H12FN3O.C8H7NO4/c10-7-5-13(6-3-1-2-4-6)9(14)12-8(7)11;1-13-8(10)6-2-4-7(5-3-6)9(11)12/h5-6H,1-4H2,(H2,11,12,14);2-5H,1H3. The van der Waals surface area contributed by atoms with Crippen molar-refractivity contribution in [2.24, 2.45) is 0 Å². The van der Waals surface area contributed by atoms with Crippen molar-refractivity contribution in [3.8, 4) is 0 Å². The first-order valence-electron chi connectivity index (χ1n) is 8.20. The number of ether oxygens (including phenoxy) is 1. The third-order valence-corrected chi connectivity index (χ3v) is 4.15. The molecule has 0 bridgehead atoms. The van der Waals surface area contributed by atoms with Crippen LogP contribution in [0.4, 0.5) is 15.9 Å². The van der Waals surface area contributed by atoms with Crippen molar-refractivity contribution in [1.29, 1.82) is 0 Å². The number of carbonyl (C=O) groups is 1. The maximum atomic E-state index is 13.1. The summed E-state index contributed by atoms with van der Waals surface area (Å²) < 4.78 is 18.9. The van der Waals surface area contributed by atoms with Gasteiger partial charge >= 0.3 is 11.7 Å². The van der Waals surface area contributed by atoms with Crippen molar-refractivity contribution in [3.05, 3.63) is 62.4 Å². The highest BCUT2D eigenvalue weighted by Crippen LogP contribution is 2.28. The van der Waals surface area contributed by atoms with Crippen LogP contribution in [0.1, 0.15) is 42.1 Å². The molecule has 0 aliphatic heterocycles. The molecule has 1 fully saturated rings. The summed E-state index contributed by atoms with van der Waals surface area (Å²) >= 11 is 0. The molecule has 1 aromatic carbocycles. The predicted octanol–water partition coefficient (Wildman–Crippen LogP) is 2.46. The van der Waals surface area contributed by atoms with E-state index in [1.807, 2.05) is 0 Å². The normalized spacial score (nSPS) is 13.6. The lowest BCUT2D eigenvalue weighted by atomic mass is 10.2. The second-order valence-electron chi connectivity index (χ2n) is 5.90. The first-order valence-corrected chi connectivity index (χ1v) is 8.20. The molecule has 1 aliphatic carbocycles. The third-order valence-electron chi connectivity index (χ3n) is 4.15. The summed E-state index contributed by atoms with van der Waals surface area (Å²) in [5, 5.41) is 10.2. The van der Waals surface area contributed by atoms with Gasteiger partial charge in [-0.05, 0) is 25.0 Å². The van der Waals surface area contributed by atoms with Gasteiger partial charge in [-0.3, -0.25) is 14.7 Å². The number of nitro groups is 1. The Morgan fingerprint density at radius 2 is 1.93 bits per heavy atom. The number of nitro benzene ring substituents is 1. The average molecular weight is 378 g/mol. The Hall–Kier alpha value is -3.30. The van der Waals surface area contributed by atoms with Crippen molar-refractivity contribution >= 4 is 17.5 Å². The van der Waals surface area contributed by atoms with Gasteiger partial charge in [0.1, 0.15) is 0 Å². The van der Waals surface area contributed by atoms with Crippen LogP contribution < -0.4 is 11.4 Å². The van der Waals surface area contributed by atoms with E-state index in [0.29, 0.717) is 5.56 Å². The van der Waals surface area contributed by atoms with Crippen LogP contribution in [0.15, 0.2) is 35.3 Å². The van der Waals surface area contributed by atoms with Gasteiger partial charge in [0.2, 0.25) is 0 Å². The lowest BCUT2D eigenvalue weighted by Crippen LogP contribution is -2.27. The van der Waals surface area contributed by atoms with Gasteiger partial charge < -0.3 is 10.5 Å². The van der Waals surface area contributed by atoms with E-state index in [4.69, 9.17) is 5.73 Å². The van der Waals surface area contributed by atoms with Crippen LogP contribution in [0, 0.1) is 15.9 Å². The molecule has 0 unspecified atom stereocenters. The summed E-state index contributed by atoms with van der Waals surface area (Å²) in [6.45, 7) is 0. The highest BCUT2D eigenvalue weighted by atomic mass is 19.1. The molecule has 0 spiro atoms. The molecule has 27 heavy (non-hydrogen) atoms. The Kier molecular flexibility index (Phi) is 6.58. The maximum absolute atomic E-state index is 13.1. The van der Waals surface area contributed by atoms with Crippen LogP contribution in [0.5, 0.6) is 0 Å². The number of nitrogens with two attached hydrogens (primary N) is 1. The Morgan fingerprint density at radius 3 is 2.44 bits per heavy atom. The molecule has 1 heterocycles. The average Bonchev–Trinajstić information content (AvgIpc) is 3.19. The van der Waals surface area contributed by atoms with Gasteiger partial charge in [-0.25, -0.2) is 14.0 Å². The minimum absolute atomic E-state index is 0.0485. The first kappa shape index (κ1) is 20.0. The largest absolute Gasteiger partial charge is 0.465 e. The molecule has 10 heteroatoms. The number of methoxy groups -OCH3 is 1. The number of carbonyl (C=O) groups excluding carboxylic acids is 1. The number of non-ortho nitro benzene ring substituents is 1. The van der Waals surface area contributed by atoms with Crippen LogP contribution in [0.25, 0.3) is 0 Å². The van der Waals surface area contributed by atoms with Crippen LogP contribution in [0.3, 0.4) is 0 Å². The smallest absolute Gasteiger partial charge is 0.349 e. The van der Waals surface area contributed by atoms with Crippen molar-refractivity contribution in [3.63, 3.8) is 0 Å². The molecule has 2 aromatic rings. The number of benzene rings is 1. The van der Waals surface area contributed by atoms with Crippen LogP contribution >= 0.6 is 0 Å². The SMILES string of the molecule is COC(=O)c1ccc([N+](=O)[O-])cc1.Nc1nc(=O)n(C2CCCC2)cc1F. The molecule has 0 atom stereocenters. The van der Waals surface area contributed by atoms with Gasteiger partial charge in [0, 0.05) is 24.4 Å². The summed E-state index contributed by atoms with van der Waals surface area (Å²) in [5.41, 5.74) is 4.99. The molecular weight excluding hydrogens is 359 g/mol. The van der Waals surface area contributed by atoms with Crippen molar-refractivity contribution in [2.45, 2.75) is 31.7 Å². The Morgan fingerprint density at radius 1 is 1.33 bits per heavy atom. The van der Waals surface area contributed by atoms with Gasteiger partial charge in [0.15, 0.2) is 11.6 Å². The van der Waals surface area contributed by atoms with E-state index in [1.165, 1.54) is 42.1 Å². The second kappa shape index (κ2) is 8.88. The number of rotatable bonds is 3. The van der Waals surface area contributed by atoms with Crippen molar-refractivity contribution in [2.75, 3.05) is 12.8 Å². The molecule has 9 nitrogen and oxygen atoms in total. The number of aromatic nitrogens is 2. The zero-order valence-electron chi connectivity index (χ0n) is 14.6. The lowest BCUT2D eigenvalue weighted by Gasteiger charge is -2.12. The van der Waals surface area contributed by atoms with Crippen LogP contribution in [-0.2, 0) is 4.74 Å². The van der Waals surface area contributed by atoms with Gasteiger partial charge in [0.05, 0.1) is 17.6 Å². The summed E-state index contributed by atoms with van der Waals surface area (Å²) in [4.78, 5) is 35.4. The van der Waals surface area contributed by atoms with E-state index in [2.05, 4.69) is 9.72 Å². The topological polar surface area (TPSA) is 130 Å². The molecule has 144 valence electrons. The van der Waals surface area contributed by atoms with E-state index in [9.17, 15) is 24.1 Å². The summed E-state index contributed by atoms with van der Waals surface area (Å²) in [5.74, 6) is -1.43. The van der Waals surface area contributed by atoms with Gasteiger partial charge in [-0.2, -0.15) is 4.98 Å². The quantitative estimate of drug-likeness (QED) is 0.493. The molecule has 2 N–H and O–H groups in total. The van der Waals surface area contributed by atoms with Gasteiger partial charge in [-0.15, -0.1) is 0 Å². The monoisotopic (exact) mass is 378 g/mol. The van der Waals surface area contributed by atoms with Crippen molar-refractivity contribution < 1.29 is 18.8 Å². The Labute approximate surface area is 153 Å². The van der Waals surface area contributed by atoms with Crippen LogP contribution in [0.2, 0.25) is 0 Å². The predicted molar refractivity (Wildman–Crippen MR) is 94.8 cm³/mol. The molecule has 1 saturated carbocycles. The number of nitrogens with zero attached hydrogens (tertiary/aromatic N) is 3. The molecule has 0 amide bonds. The van der Waals surface area contributed by atoms with Crippen molar-refractivity contribution in [1.82, 2.24) is 9.55 Å². The zero-order chi connectivity index (χ0) is 20.0. The van der Waals surface area contributed by atoms with E-state index in [0.717, 1.165) is 25.7 Å². The minimum atomic E-state index is -0.614. The van der Waals surface area contributed by atoms with E-state index >= 15 is 0 Å². The molecule has 0 radical (unpaired) electrons. The van der Waals surface area contributed by atoms with E-state index < -0.39 is 22.4 Å². The number of hydrogen-bond donors (Lipinski definition) is 1. The third kappa shape index (κ3) is 5.09. The fourth-order valence-electron chi connectivity index (χ4n) is 2.74. The van der Waals surface area contributed by atoms with Crippen LogP contribution in [-0.4, -0.2) is 27.6 Å². The highest BCUT2D eigenvalue weighted by Gasteiger charge is 2.19. The lowest BCUT2D eigenvalue weighted by molar-refractivity contribution is -0.384. The fraction of sp³-hybridized carbons (Fsp3) is 0.353. The number of esters is 1. The van der Waals surface area contributed by atoms with E-state index in [-0.39, 0.29) is 17.5 Å². The zero-order valence-corrected chi connectivity index (χ0v) is 14.6. The first-order chi connectivity index (χ1) is 12.8. The second-order valence-corrected chi connectivity index (χ2v) is 5.90. The molecule has 1 aromatic heterocycles. The molecule has 3 rings (SSSR count). The van der Waals surface area contributed by atoms with Gasteiger partial charge in [0.25, 0.3) is 5.69 Å². The fourth-order valence-corrected chi connectivity index (χ4v) is 2.74. The molecule has 1 aliphatic rings. The summed E-state index contributed by atoms with van der Waals surface area (Å²) in [6.07, 6.45) is 5.18. The maximum Gasteiger partial charge on any atom is 0.349 e. The minimum Gasteiger partial charge on any atom is -0.465 e. The van der Waals surface area contributed by atoms with Gasteiger partial charge in [-0.1, -0.05) is 12.8 Å². The number of anilines is 1. The summed E-state index contributed by atoms with van der Waals surface area (Å²) in [6, 6.07) is 5.32. The Bertz CT molecular complexity index is 876. The number of hydrogen-bond acceptors (Lipinski definition) is 7. The highest BCUT2D eigenvalue weighted by molar-refractivity contribution is 5.89. The van der Waals surface area contributed by atoms with E-state index in [1.54, 1.807) is 0 Å². The number of halogens is 1. The molecule has 0 saturated heterocycles. The summed E-state index contributed by atoms with van der Waals surface area (Å²) in [7, 11) is 1.25. The Balaban J connectivity index is 0.000000194. The number of nitrogen functional groups attached to an aromatic ring is 1.